The second-order valence-corrected chi connectivity index (χ2v) is 6.58. The van der Waals surface area contributed by atoms with Gasteiger partial charge >= 0.3 is 0 Å². The van der Waals surface area contributed by atoms with Gasteiger partial charge in [-0.1, -0.05) is 13.0 Å². The maximum Gasteiger partial charge on any atom is 0.253 e. The minimum absolute atomic E-state index is 0.0770. The van der Waals surface area contributed by atoms with Gasteiger partial charge in [-0.2, -0.15) is 0 Å². The van der Waals surface area contributed by atoms with E-state index in [0.717, 1.165) is 11.3 Å². The molecule has 1 aromatic carbocycles. The second-order valence-electron chi connectivity index (χ2n) is 4.65. The first kappa shape index (κ1) is 17.5. The van der Waals surface area contributed by atoms with Crippen LogP contribution in [0.5, 0.6) is 0 Å². The Balaban J connectivity index is 2.68. The van der Waals surface area contributed by atoms with E-state index in [0.29, 0.717) is 18.7 Å². The van der Waals surface area contributed by atoms with Gasteiger partial charge in [0.05, 0.1) is 11.3 Å². The molecular formula is C14H23N3O3S. The number of anilines is 1. The van der Waals surface area contributed by atoms with Crippen LogP contribution in [0.3, 0.4) is 0 Å². The van der Waals surface area contributed by atoms with E-state index in [4.69, 9.17) is 0 Å². The van der Waals surface area contributed by atoms with E-state index >= 15 is 0 Å². The normalized spacial score (nSPS) is 11.2. The van der Waals surface area contributed by atoms with Crippen molar-refractivity contribution in [3.05, 3.63) is 29.3 Å². The predicted octanol–water partition coefficient (Wildman–Crippen LogP) is 1.10. The zero-order valence-electron chi connectivity index (χ0n) is 12.7. The summed E-state index contributed by atoms with van der Waals surface area (Å²) >= 11 is 0. The van der Waals surface area contributed by atoms with Gasteiger partial charge in [-0.3, -0.25) is 4.79 Å². The van der Waals surface area contributed by atoms with Crippen molar-refractivity contribution in [2.24, 2.45) is 0 Å². The Labute approximate surface area is 126 Å². The number of benzene rings is 1. The molecule has 0 bridgehead atoms. The lowest BCUT2D eigenvalue weighted by Gasteiger charge is -2.12. The average molecular weight is 313 g/mol. The van der Waals surface area contributed by atoms with Crippen molar-refractivity contribution >= 4 is 21.6 Å². The quantitative estimate of drug-likeness (QED) is 0.670. The summed E-state index contributed by atoms with van der Waals surface area (Å²) in [6, 6.07) is 5.49. The van der Waals surface area contributed by atoms with Crippen molar-refractivity contribution in [3.63, 3.8) is 0 Å². The fraction of sp³-hybridized carbons (Fsp3) is 0.500. The largest absolute Gasteiger partial charge is 0.385 e. The van der Waals surface area contributed by atoms with Gasteiger partial charge in [-0.15, -0.1) is 0 Å². The number of amides is 1. The van der Waals surface area contributed by atoms with E-state index in [1.165, 1.54) is 0 Å². The first-order valence-electron chi connectivity index (χ1n) is 6.99. The maximum absolute atomic E-state index is 12.1. The van der Waals surface area contributed by atoms with Crippen molar-refractivity contribution in [1.29, 1.82) is 0 Å². The minimum atomic E-state index is -3.32. The topological polar surface area (TPSA) is 87.3 Å². The lowest BCUT2D eigenvalue weighted by atomic mass is 10.1. The van der Waals surface area contributed by atoms with Crippen LogP contribution in [0.2, 0.25) is 0 Å². The van der Waals surface area contributed by atoms with Crippen LogP contribution in [-0.4, -0.2) is 39.7 Å². The van der Waals surface area contributed by atoms with Crippen LogP contribution < -0.4 is 15.4 Å². The molecule has 0 aliphatic heterocycles. The fourth-order valence-electron chi connectivity index (χ4n) is 1.88. The Hall–Kier alpha value is -1.60. The molecule has 0 aromatic heterocycles. The van der Waals surface area contributed by atoms with E-state index < -0.39 is 10.0 Å². The number of sulfonamides is 1. The number of hydrogen-bond acceptors (Lipinski definition) is 4. The van der Waals surface area contributed by atoms with E-state index in [-0.39, 0.29) is 18.2 Å². The van der Waals surface area contributed by atoms with Crippen LogP contribution in [0.4, 0.5) is 5.69 Å². The first-order valence-corrected chi connectivity index (χ1v) is 8.65. The van der Waals surface area contributed by atoms with Crippen molar-refractivity contribution in [3.8, 4) is 0 Å². The highest BCUT2D eigenvalue weighted by atomic mass is 32.2. The highest BCUT2D eigenvalue weighted by molar-refractivity contribution is 7.89. The molecule has 7 heteroatoms. The molecule has 118 valence electrons. The zero-order chi connectivity index (χ0) is 15.9. The van der Waals surface area contributed by atoms with E-state index in [1.54, 1.807) is 13.0 Å². The molecule has 0 aliphatic carbocycles. The van der Waals surface area contributed by atoms with Crippen molar-refractivity contribution in [1.82, 2.24) is 10.0 Å². The zero-order valence-corrected chi connectivity index (χ0v) is 13.5. The SMILES string of the molecule is CCNc1cc(C)ccc1C(=O)NCCS(=O)(=O)NCC. The third-order valence-electron chi connectivity index (χ3n) is 2.81. The summed E-state index contributed by atoms with van der Waals surface area (Å²) in [7, 11) is -3.32. The highest BCUT2D eigenvalue weighted by Gasteiger charge is 2.13. The summed E-state index contributed by atoms with van der Waals surface area (Å²) in [6.45, 7) is 6.74. The van der Waals surface area contributed by atoms with E-state index in [2.05, 4.69) is 15.4 Å². The Morgan fingerprint density at radius 2 is 1.90 bits per heavy atom. The number of rotatable bonds is 8. The van der Waals surface area contributed by atoms with Gasteiger partial charge in [0.25, 0.3) is 5.91 Å². The first-order chi connectivity index (χ1) is 9.89. The van der Waals surface area contributed by atoms with Crippen LogP contribution in [0, 0.1) is 6.92 Å². The molecule has 0 aliphatic rings. The van der Waals surface area contributed by atoms with Gasteiger partial charge in [0.1, 0.15) is 0 Å². The molecule has 0 spiro atoms. The van der Waals surface area contributed by atoms with Crippen LogP contribution in [-0.2, 0) is 10.0 Å². The lowest BCUT2D eigenvalue weighted by molar-refractivity contribution is 0.0957. The molecule has 6 nitrogen and oxygen atoms in total. The third-order valence-corrected chi connectivity index (χ3v) is 4.28. The number of hydrogen-bond donors (Lipinski definition) is 3. The molecule has 1 rings (SSSR count). The summed E-state index contributed by atoms with van der Waals surface area (Å²) in [5.74, 6) is -0.410. The Morgan fingerprint density at radius 1 is 1.19 bits per heavy atom. The number of carbonyl (C=O) groups excluding carboxylic acids is 1. The van der Waals surface area contributed by atoms with E-state index in [9.17, 15) is 13.2 Å². The molecule has 0 unspecified atom stereocenters. The molecule has 0 radical (unpaired) electrons. The standard InChI is InChI=1S/C14H23N3O3S/c1-4-15-13-10-11(3)6-7-12(13)14(18)16-8-9-21(19,20)17-5-2/h6-7,10,15,17H,4-5,8-9H2,1-3H3,(H,16,18). The predicted molar refractivity (Wildman–Crippen MR) is 85.1 cm³/mol. The molecule has 0 atom stereocenters. The molecule has 0 fully saturated rings. The van der Waals surface area contributed by atoms with E-state index in [1.807, 2.05) is 26.0 Å². The monoisotopic (exact) mass is 313 g/mol. The lowest BCUT2D eigenvalue weighted by Crippen LogP contribution is -2.34. The van der Waals surface area contributed by atoms with Gasteiger partial charge in [0.15, 0.2) is 0 Å². The van der Waals surface area contributed by atoms with Crippen molar-refractivity contribution in [2.45, 2.75) is 20.8 Å². The molecule has 3 N–H and O–H groups in total. The second kappa shape index (κ2) is 7.99. The summed E-state index contributed by atoms with van der Waals surface area (Å²) in [6.07, 6.45) is 0. The Kier molecular flexibility index (Phi) is 6.64. The van der Waals surface area contributed by atoms with Crippen molar-refractivity contribution < 1.29 is 13.2 Å². The van der Waals surface area contributed by atoms with Gasteiger partial charge in [-0.05, 0) is 31.5 Å². The smallest absolute Gasteiger partial charge is 0.253 e. The van der Waals surface area contributed by atoms with Crippen LogP contribution in [0.1, 0.15) is 29.8 Å². The van der Waals surface area contributed by atoms with Gasteiger partial charge < -0.3 is 10.6 Å². The summed E-state index contributed by atoms with van der Waals surface area (Å²) < 4.78 is 25.4. The van der Waals surface area contributed by atoms with Gasteiger partial charge in [-0.25, -0.2) is 13.1 Å². The fourth-order valence-corrected chi connectivity index (χ4v) is 2.83. The number of nitrogens with one attached hydrogen (secondary N) is 3. The summed E-state index contributed by atoms with van der Waals surface area (Å²) in [4.78, 5) is 12.1. The third kappa shape index (κ3) is 5.73. The van der Waals surface area contributed by atoms with Crippen molar-refractivity contribution in [2.75, 3.05) is 30.7 Å². The number of carbonyl (C=O) groups is 1. The molecule has 0 saturated heterocycles. The van der Waals surface area contributed by atoms with Gasteiger partial charge in [0.2, 0.25) is 10.0 Å². The number of aryl methyl sites for hydroxylation is 1. The minimum Gasteiger partial charge on any atom is -0.385 e. The molecule has 0 saturated carbocycles. The molecule has 21 heavy (non-hydrogen) atoms. The molecule has 1 aromatic rings. The highest BCUT2D eigenvalue weighted by Crippen LogP contribution is 2.17. The molecular weight excluding hydrogens is 290 g/mol. The van der Waals surface area contributed by atoms with Crippen LogP contribution in [0.25, 0.3) is 0 Å². The van der Waals surface area contributed by atoms with Crippen LogP contribution in [0.15, 0.2) is 18.2 Å². The van der Waals surface area contributed by atoms with Crippen LogP contribution >= 0.6 is 0 Å². The average Bonchev–Trinajstić information content (AvgIpc) is 2.38. The maximum atomic E-state index is 12.1. The molecule has 1 amide bonds. The Bertz CT molecular complexity index is 585. The van der Waals surface area contributed by atoms with Gasteiger partial charge in [0, 0.05) is 25.3 Å². The Morgan fingerprint density at radius 3 is 2.52 bits per heavy atom. The summed E-state index contributed by atoms with van der Waals surface area (Å²) in [5, 5.41) is 5.77. The summed E-state index contributed by atoms with van der Waals surface area (Å²) in [5.41, 5.74) is 2.32. The molecule has 0 heterocycles.